The number of hydrogen-bond acceptors (Lipinski definition) is 9. The van der Waals surface area contributed by atoms with Crippen molar-refractivity contribution in [2.24, 2.45) is 7.05 Å². The lowest BCUT2D eigenvalue weighted by Gasteiger charge is -2.32. The molecule has 0 amide bonds. The lowest BCUT2D eigenvalue weighted by Crippen LogP contribution is -2.45. The van der Waals surface area contributed by atoms with Crippen LogP contribution in [0.4, 0.5) is 23.3 Å². The van der Waals surface area contributed by atoms with E-state index in [1.807, 2.05) is 31.8 Å². The maximum Gasteiger partial charge on any atom is 0.247 e. The zero-order valence-electron chi connectivity index (χ0n) is 16.5. The molecule has 11 heteroatoms. The second-order valence-corrected chi connectivity index (χ2v) is 7.28. The van der Waals surface area contributed by atoms with Gasteiger partial charge in [-0.15, -0.1) is 5.10 Å². The smallest absolute Gasteiger partial charge is 0.247 e. The Kier molecular flexibility index (Phi) is 4.35. The van der Waals surface area contributed by atoms with Crippen molar-refractivity contribution in [3.8, 4) is 0 Å². The SMILES string of the molecule is CN1CCN(c2ncc(Nc3nc4n(n3)C=CN(c3cnn(C)c3)C4)cn2)CC1. The molecule has 1 fully saturated rings. The molecule has 0 bridgehead atoms. The number of nitrogens with one attached hydrogen (secondary N) is 1. The third kappa shape index (κ3) is 3.63. The number of likely N-dealkylation sites (N-methyl/N-ethyl adjacent to an activating group) is 1. The number of rotatable bonds is 4. The van der Waals surface area contributed by atoms with Gasteiger partial charge in [0.25, 0.3) is 0 Å². The summed E-state index contributed by atoms with van der Waals surface area (Å²) in [5.74, 6) is 2.12. The normalized spacial score (nSPS) is 16.9. The number of hydrogen-bond donors (Lipinski definition) is 1. The molecular formula is C18H23N11. The Labute approximate surface area is 168 Å². The lowest BCUT2D eigenvalue weighted by atomic mass is 10.3. The van der Waals surface area contributed by atoms with Crippen LogP contribution in [0.1, 0.15) is 5.82 Å². The van der Waals surface area contributed by atoms with Crippen molar-refractivity contribution >= 4 is 29.5 Å². The van der Waals surface area contributed by atoms with Gasteiger partial charge in [-0.1, -0.05) is 0 Å². The first-order chi connectivity index (χ1) is 14.1. The first-order valence-electron chi connectivity index (χ1n) is 9.56. The van der Waals surface area contributed by atoms with Crippen LogP contribution in [-0.2, 0) is 13.6 Å². The quantitative estimate of drug-likeness (QED) is 0.688. The minimum absolute atomic E-state index is 0.522. The van der Waals surface area contributed by atoms with Gasteiger partial charge in [-0.05, 0) is 7.05 Å². The fourth-order valence-corrected chi connectivity index (χ4v) is 3.40. The number of aromatic nitrogens is 7. The third-order valence-corrected chi connectivity index (χ3v) is 5.10. The average Bonchev–Trinajstić information content (AvgIpc) is 3.34. The molecule has 0 aliphatic carbocycles. The van der Waals surface area contributed by atoms with E-state index in [0.717, 1.165) is 49.3 Å². The minimum Gasteiger partial charge on any atom is -0.338 e. The summed E-state index contributed by atoms with van der Waals surface area (Å²) in [4.78, 5) is 20.2. The Morgan fingerprint density at radius 3 is 2.48 bits per heavy atom. The molecular weight excluding hydrogens is 370 g/mol. The van der Waals surface area contributed by atoms with E-state index in [1.54, 1.807) is 21.8 Å². The standard InChI is InChI=1S/C18H23N11/c1-25-3-5-27(6-4-25)18-19-9-14(10-20-18)22-17-23-16-13-28(7-8-29(16)24-17)15-11-21-26(2)12-15/h7-12H,3-6,13H2,1-2H3,(H,22,24). The Morgan fingerprint density at radius 2 is 1.76 bits per heavy atom. The lowest BCUT2D eigenvalue weighted by molar-refractivity contribution is 0.311. The van der Waals surface area contributed by atoms with E-state index in [9.17, 15) is 0 Å². The summed E-state index contributed by atoms with van der Waals surface area (Å²) in [6, 6.07) is 0. The Bertz CT molecular complexity index is 1010. The zero-order valence-corrected chi connectivity index (χ0v) is 16.5. The zero-order chi connectivity index (χ0) is 19.8. The molecule has 2 aliphatic heterocycles. The van der Waals surface area contributed by atoms with Crippen molar-refractivity contribution in [3.05, 3.63) is 36.8 Å². The van der Waals surface area contributed by atoms with Gasteiger partial charge in [0.15, 0.2) is 5.82 Å². The molecule has 1 N–H and O–H groups in total. The highest BCUT2D eigenvalue weighted by Gasteiger charge is 2.19. The van der Waals surface area contributed by atoms with Crippen LogP contribution >= 0.6 is 0 Å². The summed E-state index contributed by atoms with van der Waals surface area (Å²) in [5.41, 5.74) is 1.78. The summed E-state index contributed by atoms with van der Waals surface area (Å²) in [6.07, 6.45) is 11.2. The molecule has 29 heavy (non-hydrogen) atoms. The number of anilines is 4. The van der Waals surface area contributed by atoms with Crippen LogP contribution in [0.15, 0.2) is 31.0 Å². The van der Waals surface area contributed by atoms with Crippen LogP contribution in [0.5, 0.6) is 0 Å². The van der Waals surface area contributed by atoms with Gasteiger partial charge in [-0.2, -0.15) is 10.1 Å². The van der Waals surface area contributed by atoms with Crippen LogP contribution in [0, 0.1) is 0 Å². The van der Waals surface area contributed by atoms with E-state index in [4.69, 9.17) is 0 Å². The molecule has 0 atom stereocenters. The Morgan fingerprint density at radius 1 is 0.966 bits per heavy atom. The van der Waals surface area contributed by atoms with Crippen molar-refractivity contribution in [1.29, 1.82) is 0 Å². The van der Waals surface area contributed by atoms with Gasteiger partial charge < -0.3 is 20.0 Å². The summed E-state index contributed by atoms with van der Waals surface area (Å²) in [7, 11) is 4.03. The molecule has 11 nitrogen and oxygen atoms in total. The van der Waals surface area contributed by atoms with Crippen LogP contribution in [-0.4, -0.2) is 72.6 Å². The molecule has 0 radical (unpaired) electrons. The van der Waals surface area contributed by atoms with Gasteiger partial charge in [-0.25, -0.2) is 14.6 Å². The highest BCUT2D eigenvalue weighted by Crippen LogP contribution is 2.22. The molecule has 5 heterocycles. The van der Waals surface area contributed by atoms with E-state index >= 15 is 0 Å². The minimum atomic E-state index is 0.522. The number of piperazine rings is 1. The summed E-state index contributed by atoms with van der Waals surface area (Å²) >= 11 is 0. The Balaban J connectivity index is 1.25. The van der Waals surface area contributed by atoms with Crippen LogP contribution in [0.2, 0.25) is 0 Å². The van der Waals surface area contributed by atoms with Crippen molar-refractivity contribution < 1.29 is 0 Å². The first-order valence-corrected chi connectivity index (χ1v) is 9.56. The largest absolute Gasteiger partial charge is 0.338 e. The maximum absolute atomic E-state index is 4.60. The second kappa shape index (κ2) is 7.17. The summed E-state index contributed by atoms with van der Waals surface area (Å²) in [5, 5.41) is 11.9. The first kappa shape index (κ1) is 17.6. The predicted octanol–water partition coefficient (Wildman–Crippen LogP) is 0.745. The predicted molar refractivity (Wildman–Crippen MR) is 110 cm³/mol. The molecule has 3 aromatic rings. The molecule has 0 saturated carbocycles. The van der Waals surface area contributed by atoms with E-state index in [1.165, 1.54) is 0 Å². The Hall–Kier alpha value is -3.47. The maximum atomic E-state index is 4.60. The molecule has 0 unspecified atom stereocenters. The fourth-order valence-electron chi connectivity index (χ4n) is 3.40. The van der Waals surface area contributed by atoms with Gasteiger partial charge in [0.2, 0.25) is 11.9 Å². The fraction of sp³-hybridized carbons (Fsp3) is 0.389. The van der Waals surface area contributed by atoms with E-state index < -0.39 is 0 Å². The topological polar surface area (TPSA) is 96.1 Å². The van der Waals surface area contributed by atoms with E-state index in [2.05, 4.69) is 52.2 Å². The van der Waals surface area contributed by atoms with Crippen molar-refractivity contribution in [2.45, 2.75) is 6.54 Å². The second-order valence-electron chi connectivity index (χ2n) is 7.28. The van der Waals surface area contributed by atoms with Crippen molar-refractivity contribution in [2.75, 3.05) is 48.3 Å². The van der Waals surface area contributed by atoms with E-state index in [0.29, 0.717) is 12.5 Å². The summed E-state index contributed by atoms with van der Waals surface area (Å²) < 4.78 is 3.55. The van der Waals surface area contributed by atoms with E-state index in [-0.39, 0.29) is 0 Å². The molecule has 0 spiro atoms. The highest BCUT2D eigenvalue weighted by molar-refractivity contribution is 5.54. The third-order valence-electron chi connectivity index (χ3n) is 5.10. The molecule has 2 aliphatic rings. The molecule has 0 aromatic carbocycles. The van der Waals surface area contributed by atoms with Crippen LogP contribution in [0.3, 0.4) is 0 Å². The van der Waals surface area contributed by atoms with Gasteiger partial charge in [0.05, 0.1) is 36.5 Å². The highest BCUT2D eigenvalue weighted by atomic mass is 15.4. The van der Waals surface area contributed by atoms with Crippen LogP contribution < -0.4 is 15.1 Å². The van der Waals surface area contributed by atoms with Gasteiger partial charge in [-0.3, -0.25) is 4.68 Å². The molecule has 150 valence electrons. The molecule has 3 aromatic heterocycles. The van der Waals surface area contributed by atoms with Gasteiger partial charge >= 0.3 is 0 Å². The van der Waals surface area contributed by atoms with Crippen LogP contribution in [0.25, 0.3) is 6.20 Å². The number of aryl methyl sites for hydroxylation is 1. The van der Waals surface area contributed by atoms with Crippen molar-refractivity contribution in [3.63, 3.8) is 0 Å². The van der Waals surface area contributed by atoms with Gasteiger partial charge in [0, 0.05) is 51.8 Å². The average molecular weight is 393 g/mol. The number of fused-ring (bicyclic) bond motifs is 1. The van der Waals surface area contributed by atoms with Crippen molar-refractivity contribution in [1.82, 2.24) is 39.4 Å². The molecule has 1 saturated heterocycles. The summed E-state index contributed by atoms with van der Waals surface area (Å²) in [6.45, 7) is 4.56. The number of nitrogens with zero attached hydrogens (tertiary/aromatic N) is 10. The molecule has 5 rings (SSSR count). The monoisotopic (exact) mass is 393 g/mol. The van der Waals surface area contributed by atoms with Gasteiger partial charge in [0.1, 0.15) is 0 Å².